The van der Waals surface area contributed by atoms with Crippen LogP contribution in [0, 0.1) is 29.1 Å². The number of nitrogens with one attached hydrogen (secondary N) is 1. The van der Waals surface area contributed by atoms with Crippen molar-refractivity contribution in [1.29, 1.82) is 0 Å². The van der Waals surface area contributed by atoms with E-state index in [0.29, 0.717) is 4.31 Å². The fourth-order valence-corrected chi connectivity index (χ4v) is 7.20. The first kappa shape index (κ1) is 32.2. The highest BCUT2D eigenvalue weighted by molar-refractivity contribution is 7.89. The van der Waals surface area contributed by atoms with Gasteiger partial charge in [-0.05, 0) is 31.4 Å². The number of halogens is 5. The maximum absolute atomic E-state index is 14.5. The Morgan fingerprint density at radius 2 is 1.58 bits per heavy atom. The first-order valence-electron chi connectivity index (χ1n) is 13.8. The van der Waals surface area contributed by atoms with E-state index < -0.39 is 74.2 Å². The predicted molar refractivity (Wildman–Crippen MR) is 145 cm³/mol. The number of hydrogen-bond donors (Lipinski definition) is 3. The lowest BCUT2D eigenvalue weighted by Crippen LogP contribution is -2.59. The van der Waals surface area contributed by atoms with Crippen LogP contribution < -0.4 is 10.4 Å². The summed E-state index contributed by atoms with van der Waals surface area (Å²) in [6, 6.07) is 1.60. The monoisotopic (exact) mass is 655 g/mol. The molecule has 1 saturated carbocycles. The molecule has 0 radical (unpaired) electrons. The van der Waals surface area contributed by atoms with Gasteiger partial charge in [0.1, 0.15) is 11.8 Å². The summed E-state index contributed by atoms with van der Waals surface area (Å²) in [5.41, 5.74) is 1.89. The molecular formula is C28H26F5N5O6S. The van der Waals surface area contributed by atoms with E-state index in [1.807, 2.05) is 0 Å². The minimum Gasteiger partial charge on any atom is -0.507 e. The highest BCUT2D eigenvalue weighted by Crippen LogP contribution is 2.36. The van der Waals surface area contributed by atoms with Crippen LogP contribution in [-0.2, 0) is 21.4 Å². The number of anilines is 1. The summed E-state index contributed by atoms with van der Waals surface area (Å²) in [5, 5.41) is 19.3. The zero-order chi connectivity index (χ0) is 32.6. The molecule has 1 aliphatic carbocycles. The number of nitrogens with zero attached hydrogens (tertiary/aromatic N) is 4. The van der Waals surface area contributed by atoms with Crippen LogP contribution in [0.4, 0.5) is 27.6 Å². The van der Waals surface area contributed by atoms with Gasteiger partial charge in [-0.25, -0.2) is 35.8 Å². The van der Waals surface area contributed by atoms with Crippen LogP contribution in [0.15, 0.2) is 35.5 Å². The van der Waals surface area contributed by atoms with E-state index in [9.17, 15) is 45.1 Å². The first-order chi connectivity index (χ1) is 21.4. The fraction of sp³-hybridized carbons (Fsp3) is 0.357. The molecule has 0 spiro atoms. The second kappa shape index (κ2) is 12.6. The lowest BCUT2D eigenvalue weighted by atomic mass is 9.87. The number of phenolic OH excluding ortho intramolecular Hbond substituents is 1. The van der Waals surface area contributed by atoms with Gasteiger partial charge in [0.15, 0.2) is 28.2 Å². The van der Waals surface area contributed by atoms with Crippen LogP contribution in [0.1, 0.15) is 66.2 Å². The van der Waals surface area contributed by atoms with Crippen molar-refractivity contribution >= 4 is 27.5 Å². The average Bonchev–Trinajstić information content (AvgIpc) is 3.01. The summed E-state index contributed by atoms with van der Waals surface area (Å²) in [7, 11) is -5.42. The number of benzene rings is 2. The molecular weight excluding hydrogens is 629 g/mol. The molecule has 2 amide bonds. The van der Waals surface area contributed by atoms with Crippen molar-refractivity contribution in [2.24, 2.45) is 0 Å². The molecule has 11 nitrogen and oxygen atoms in total. The Kier molecular flexibility index (Phi) is 9.04. The van der Waals surface area contributed by atoms with Crippen molar-refractivity contribution in [3.05, 3.63) is 76.6 Å². The Labute approximate surface area is 253 Å². The maximum Gasteiger partial charge on any atom is 0.278 e. The molecule has 17 heteroatoms. The highest BCUT2D eigenvalue weighted by Gasteiger charge is 2.48. The third-order valence-electron chi connectivity index (χ3n) is 7.97. The largest absolute Gasteiger partial charge is 0.507 e. The van der Waals surface area contributed by atoms with E-state index in [-0.39, 0.29) is 35.8 Å². The van der Waals surface area contributed by atoms with E-state index in [1.165, 1.54) is 17.7 Å². The van der Waals surface area contributed by atoms with Crippen LogP contribution in [0.25, 0.3) is 0 Å². The van der Waals surface area contributed by atoms with Crippen LogP contribution in [0.3, 0.4) is 0 Å². The molecule has 1 saturated heterocycles. The SMILES string of the molecule is O=C(NO)c1ccc(N(Cc2cnc(C3CCCCC3)cn2)C(=O)[C@H]2CCN2S(=O)(=O)c2c(F)c(F)c(F)c(F)c2F)cc1O. The molecule has 2 aromatic carbocycles. The zero-order valence-corrected chi connectivity index (χ0v) is 24.1. The Morgan fingerprint density at radius 3 is 2.11 bits per heavy atom. The molecule has 240 valence electrons. The number of hydrogen-bond acceptors (Lipinski definition) is 8. The minimum atomic E-state index is -5.42. The Balaban J connectivity index is 1.49. The number of phenols is 1. The van der Waals surface area contributed by atoms with Gasteiger partial charge in [0, 0.05) is 30.4 Å². The van der Waals surface area contributed by atoms with Gasteiger partial charge in [0.25, 0.3) is 5.91 Å². The minimum absolute atomic E-state index is 0.0781. The van der Waals surface area contributed by atoms with Gasteiger partial charge in [-0.3, -0.25) is 24.8 Å². The predicted octanol–water partition coefficient (Wildman–Crippen LogP) is 4.04. The van der Waals surface area contributed by atoms with Crippen LogP contribution in [-0.4, -0.2) is 57.4 Å². The maximum atomic E-state index is 14.5. The lowest BCUT2D eigenvalue weighted by molar-refractivity contribution is -0.125. The number of hydroxylamine groups is 1. The van der Waals surface area contributed by atoms with Crippen LogP contribution >= 0.6 is 0 Å². The summed E-state index contributed by atoms with van der Waals surface area (Å²) >= 11 is 0. The molecule has 3 N–H and O–H groups in total. The second-order valence-electron chi connectivity index (χ2n) is 10.7. The molecule has 45 heavy (non-hydrogen) atoms. The Hall–Kier alpha value is -4.22. The number of carbonyl (C=O) groups excluding carboxylic acids is 2. The number of aromatic hydroxyl groups is 1. The summed E-state index contributed by atoms with van der Waals surface area (Å²) in [6.07, 6.45) is 7.91. The van der Waals surface area contributed by atoms with Crippen molar-refractivity contribution in [2.75, 3.05) is 11.4 Å². The number of sulfonamides is 1. The van der Waals surface area contributed by atoms with Crippen molar-refractivity contribution in [3.8, 4) is 5.75 Å². The normalized spacial score (nSPS) is 17.5. The lowest BCUT2D eigenvalue weighted by Gasteiger charge is -2.41. The third kappa shape index (κ3) is 5.94. The van der Waals surface area contributed by atoms with Crippen molar-refractivity contribution in [3.63, 3.8) is 0 Å². The highest BCUT2D eigenvalue weighted by atomic mass is 32.2. The first-order valence-corrected chi connectivity index (χ1v) is 15.2. The second-order valence-corrected chi connectivity index (χ2v) is 12.5. The van der Waals surface area contributed by atoms with Gasteiger partial charge in [-0.1, -0.05) is 19.3 Å². The van der Waals surface area contributed by atoms with E-state index in [0.717, 1.165) is 54.8 Å². The quantitative estimate of drug-likeness (QED) is 0.108. The molecule has 1 aromatic heterocycles. The number of rotatable bonds is 8. The third-order valence-corrected chi connectivity index (χ3v) is 9.89. The molecule has 1 atom stereocenters. The molecule has 0 bridgehead atoms. The number of amides is 2. The Bertz CT molecular complexity index is 1730. The van der Waals surface area contributed by atoms with E-state index in [4.69, 9.17) is 5.21 Å². The summed E-state index contributed by atoms with van der Waals surface area (Å²) in [4.78, 5) is 33.4. The molecule has 2 heterocycles. The van der Waals surface area contributed by atoms with Gasteiger partial charge >= 0.3 is 0 Å². The number of aromatic nitrogens is 2. The molecule has 1 aliphatic heterocycles. The van der Waals surface area contributed by atoms with Crippen LogP contribution in [0.2, 0.25) is 0 Å². The average molecular weight is 656 g/mol. The van der Waals surface area contributed by atoms with Gasteiger partial charge in [0.2, 0.25) is 21.7 Å². The molecule has 5 rings (SSSR count). The van der Waals surface area contributed by atoms with Crippen LogP contribution in [0.5, 0.6) is 5.75 Å². The van der Waals surface area contributed by atoms with E-state index >= 15 is 0 Å². The van der Waals surface area contributed by atoms with Gasteiger partial charge < -0.3 is 10.0 Å². The van der Waals surface area contributed by atoms with E-state index in [2.05, 4.69) is 9.97 Å². The summed E-state index contributed by atoms with van der Waals surface area (Å²) < 4.78 is 97.0. The Morgan fingerprint density at radius 1 is 0.933 bits per heavy atom. The van der Waals surface area contributed by atoms with E-state index in [1.54, 1.807) is 6.20 Å². The van der Waals surface area contributed by atoms with Crippen molar-refractivity contribution < 1.29 is 50.3 Å². The van der Waals surface area contributed by atoms with Gasteiger partial charge in [0.05, 0.1) is 29.7 Å². The smallest absolute Gasteiger partial charge is 0.278 e. The molecule has 2 fully saturated rings. The topological polar surface area (TPSA) is 153 Å². The zero-order valence-electron chi connectivity index (χ0n) is 23.3. The fourth-order valence-electron chi connectivity index (χ4n) is 5.46. The standard InChI is InChI=1S/C28H26F5N5O6S/c29-21-22(30)24(32)26(25(33)23(21)31)45(43,44)38-9-8-19(38)28(41)37(16-6-7-17(20(39)10-16)27(40)36-42)13-15-11-35-18(12-34-15)14-4-2-1-3-5-14/h6-7,10-12,14,19,39,42H,1-5,8-9,13H2,(H,36,40)/t19-/m1/s1. The number of carbonyl (C=O) groups is 2. The molecule has 3 aromatic rings. The van der Waals surface area contributed by atoms with Crippen molar-refractivity contribution in [1.82, 2.24) is 19.8 Å². The molecule has 2 aliphatic rings. The summed E-state index contributed by atoms with van der Waals surface area (Å²) in [5.74, 6) is -15.1. The van der Waals surface area contributed by atoms with Gasteiger partial charge in [-0.15, -0.1) is 0 Å². The van der Waals surface area contributed by atoms with Crippen molar-refractivity contribution in [2.45, 2.75) is 61.9 Å². The summed E-state index contributed by atoms with van der Waals surface area (Å²) in [6.45, 7) is -0.836. The van der Waals surface area contributed by atoms with Gasteiger partial charge in [-0.2, -0.15) is 4.31 Å². The molecule has 0 unspecified atom stereocenters.